The van der Waals surface area contributed by atoms with Crippen molar-refractivity contribution >= 4 is 17.8 Å². The van der Waals surface area contributed by atoms with Crippen LogP contribution in [0.5, 0.6) is 0 Å². The molecule has 3 rings (SSSR count). The predicted molar refractivity (Wildman–Crippen MR) is 111 cm³/mol. The van der Waals surface area contributed by atoms with Crippen molar-refractivity contribution in [3.8, 4) is 0 Å². The van der Waals surface area contributed by atoms with E-state index in [-0.39, 0.29) is 5.69 Å². The molecule has 1 heterocycles. The van der Waals surface area contributed by atoms with Gasteiger partial charge < -0.3 is 10.8 Å². The Kier molecular flexibility index (Phi) is 7.18. The van der Waals surface area contributed by atoms with Crippen molar-refractivity contribution in [3.63, 3.8) is 0 Å². The summed E-state index contributed by atoms with van der Waals surface area (Å²) >= 11 is 0. The Bertz CT molecular complexity index is 946. The molecular weight excluding hydrogens is 377 g/mol. The molecule has 3 N–H and O–H groups in total. The molecule has 0 spiro atoms. The van der Waals surface area contributed by atoms with Crippen molar-refractivity contribution in [2.45, 2.75) is 25.6 Å². The summed E-state index contributed by atoms with van der Waals surface area (Å²) < 4.78 is 35.7. The fourth-order valence-electron chi connectivity index (χ4n) is 2.35. The second-order valence-electron chi connectivity index (χ2n) is 6.87. The Labute approximate surface area is 168 Å². The Balaban J connectivity index is 0.000000234. The van der Waals surface area contributed by atoms with Gasteiger partial charge in [-0.25, -0.2) is 0 Å². The first-order valence-corrected chi connectivity index (χ1v) is 8.91. The van der Waals surface area contributed by atoms with Crippen LogP contribution < -0.4 is 5.73 Å². The molecule has 152 valence electrons. The van der Waals surface area contributed by atoms with Gasteiger partial charge in [-0.15, -0.1) is 0 Å². The summed E-state index contributed by atoms with van der Waals surface area (Å²) in [6, 6.07) is 20.3. The fraction of sp³-hybridized carbons (Fsp3) is 0.174. The number of benzene rings is 2. The quantitative estimate of drug-likeness (QED) is 0.549. The number of pyridine rings is 1. The zero-order valence-corrected chi connectivity index (χ0v) is 16.2. The zero-order valence-electron chi connectivity index (χ0n) is 16.2. The minimum atomic E-state index is -4.30. The molecule has 0 fully saturated rings. The molecule has 0 unspecified atom stereocenters. The van der Waals surface area contributed by atoms with Crippen LogP contribution in [-0.4, -0.2) is 10.1 Å². The molecule has 0 bridgehead atoms. The number of aliphatic hydroxyl groups is 1. The Morgan fingerprint density at radius 2 is 1.52 bits per heavy atom. The lowest BCUT2D eigenvalue weighted by molar-refractivity contribution is -0.137. The molecule has 0 aliphatic rings. The number of nitrogens with two attached hydrogens (primary N) is 1. The molecule has 3 aromatic rings. The molecule has 0 amide bonds. The van der Waals surface area contributed by atoms with Crippen molar-refractivity contribution in [2.24, 2.45) is 0 Å². The molecule has 0 aliphatic carbocycles. The first-order valence-electron chi connectivity index (χ1n) is 8.91. The minimum absolute atomic E-state index is 0.125. The second-order valence-corrected chi connectivity index (χ2v) is 6.87. The van der Waals surface area contributed by atoms with Crippen LogP contribution in [-0.2, 0) is 11.8 Å². The van der Waals surface area contributed by atoms with Crippen LogP contribution in [0.3, 0.4) is 0 Å². The third-order valence-corrected chi connectivity index (χ3v) is 3.86. The number of hydrogen-bond donors (Lipinski definition) is 2. The zero-order chi connectivity index (χ0) is 21.5. The monoisotopic (exact) mass is 400 g/mol. The number of anilines is 1. The van der Waals surface area contributed by atoms with Crippen LogP contribution >= 0.6 is 0 Å². The smallest absolute Gasteiger partial charge is 0.399 e. The normalized spacial score (nSPS) is 11.8. The maximum Gasteiger partial charge on any atom is 0.416 e. The topological polar surface area (TPSA) is 59.1 Å². The van der Waals surface area contributed by atoms with E-state index < -0.39 is 17.3 Å². The summed E-state index contributed by atoms with van der Waals surface area (Å²) in [5.74, 6) is 0. The highest BCUT2D eigenvalue weighted by Crippen LogP contribution is 2.29. The predicted octanol–water partition coefficient (Wildman–Crippen LogP) is 5.77. The summed E-state index contributed by atoms with van der Waals surface area (Å²) in [5.41, 5.74) is 6.32. The van der Waals surface area contributed by atoms with Crippen LogP contribution in [0.25, 0.3) is 12.2 Å². The van der Waals surface area contributed by atoms with Gasteiger partial charge in [-0.05, 0) is 55.8 Å². The second kappa shape index (κ2) is 9.39. The van der Waals surface area contributed by atoms with Gasteiger partial charge in [0.15, 0.2) is 0 Å². The number of rotatable bonds is 3. The van der Waals surface area contributed by atoms with Crippen LogP contribution in [0.4, 0.5) is 18.9 Å². The highest BCUT2D eigenvalue weighted by Gasteiger charge is 2.30. The molecule has 0 aliphatic heterocycles. The maximum absolute atomic E-state index is 11.9. The SMILES string of the molecule is CC(C)(O)c1cccc(C=Cc2ccccc2)n1.Nc1cccc(C(F)(F)F)c1. The minimum Gasteiger partial charge on any atom is -0.399 e. The molecule has 2 aromatic carbocycles. The maximum atomic E-state index is 11.9. The Morgan fingerprint density at radius 3 is 2.07 bits per heavy atom. The fourth-order valence-corrected chi connectivity index (χ4v) is 2.35. The van der Waals surface area contributed by atoms with E-state index in [0.29, 0.717) is 5.69 Å². The summed E-state index contributed by atoms with van der Waals surface area (Å²) in [6.45, 7) is 3.47. The van der Waals surface area contributed by atoms with Crippen molar-refractivity contribution in [3.05, 3.63) is 95.3 Å². The number of nitrogen functional groups attached to an aromatic ring is 1. The van der Waals surface area contributed by atoms with E-state index in [2.05, 4.69) is 4.98 Å². The molecule has 29 heavy (non-hydrogen) atoms. The number of aromatic nitrogens is 1. The highest BCUT2D eigenvalue weighted by molar-refractivity contribution is 5.67. The number of nitrogens with zero attached hydrogens (tertiary/aromatic N) is 1. The lowest BCUT2D eigenvalue weighted by atomic mass is 10.0. The van der Waals surface area contributed by atoms with Gasteiger partial charge in [-0.2, -0.15) is 13.2 Å². The van der Waals surface area contributed by atoms with Crippen LogP contribution in [0.2, 0.25) is 0 Å². The van der Waals surface area contributed by atoms with E-state index in [1.807, 2.05) is 60.7 Å². The van der Waals surface area contributed by atoms with Crippen LogP contribution in [0, 0.1) is 0 Å². The molecule has 0 radical (unpaired) electrons. The van der Waals surface area contributed by atoms with Gasteiger partial charge in [0, 0.05) is 5.69 Å². The largest absolute Gasteiger partial charge is 0.416 e. The standard InChI is InChI=1S/C16H17NO.C7H6F3N/c1-16(2,18)15-10-6-9-14(17-15)12-11-13-7-4-3-5-8-13;8-7(9,10)5-2-1-3-6(11)4-5/h3-12,18H,1-2H3;1-4H,11H2. The summed E-state index contributed by atoms with van der Waals surface area (Å²) in [6.07, 6.45) is -0.337. The van der Waals surface area contributed by atoms with Crippen molar-refractivity contribution in [2.75, 3.05) is 5.73 Å². The third-order valence-electron chi connectivity index (χ3n) is 3.86. The molecule has 0 saturated carbocycles. The van der Waals surface area contributed by atoms with E-state index in [9.17, 15) is 18.3 Å². The Hall–Kier alpha value is -3.12. The lowest BCUT2D eigenvalue weighted by Crippen LogP contribution is -2.17. The van der Waals surface area contributed by atoms with Gasteiger partial charge >= 0.3 is 6.18 Å². The van der Waals surface area contributed by atoms with E-state index in [1.165, 1.54) is 12.1 Å². The number of hydrogen-bond acceptors (Lipinski definition) is 3. The third kappa shape index (κ3) is 7.43. The van der Waals surface area contributed by atoms with Crippen molar-refractivity contribution in [1.82, 2.24) is 4.98 Å². The van der Waals surface area contributed by atoms with E-state index in [1.54, 1.807) is 13.8 Å². The lowest BCUT2D eigenvalue weighted by Gasteiger charge is -2.16. The van der Waals surface area contributed by atoms with Gasteiger partial charge in [0.2, 0.25) is 0 Å². The molecule has 6 heteroatoms. The van der Waals surface area contributed by atoms with E-state index in [4.69, 9.17) is 5.73 Å². The van der Waals surface area contributed by atoms with Gasteiger partial charge in [0.25, 0.3) is 0 Å². The molecule has 1 aromatic heterocycles. The van der Waals surface area contributed by atoms with Crippen molar-refractivity contribution in [1.29, 1.82) is 0 Å². The summed E-state index contributed by atoms with van der Waals surface area (Å²) in [5, 5.41) is 9.91. The van der Waals surface area contributed by atoms with Gasteiger partial charge in [0.1, 0.15) is 5.60 Å². The van der Waals surface area contributed by atoms with Crippen molar-refractivity contribution < 1.29 is 18.3 Å². The van der Waals surface area contributed by atoms with E-state index in [0.717, 1.165) is 23.4 Å². The van der Waals surface area contributed by atoms with Crippen LogP contribution in [0.1, 0.15) is 36.4 Å². The first kappa shape index (κ1) is 22.2. The van der Waals surface area contributed by atoms with Crippen LogP contribution in [0.15, 0.2) is 72.8 Å². The molecular formula is C23H23F3N2O. The average molecular weight is 400 g/mol. The van der Waals surface area contributed by atoms with E-state index >= 15 is 0 Å². The molecule has 3 nitrogen and oxygen atoms in total. The average Bonchev–Trinajstić information content (AvgIpc) is 2.67. The summed E-state index contributed by atoms with van der Waals surface area (Å²) in [7, 11) is 0. The number of halogens is 3. The Morgan fingerprint density at radius 1 is 0.862 bits per heavy atom. The molecule has 0 atom stereocenters. The first-order chi connectivity index (χ1) is 13.6. The highest BCUT2D eigenvalue weighted by atomic mass is 19.4. The summed E-state index contributed by atoms with van der Waals surface area (Å²) in [4.78, 5) is 4.42. The molecule has 0 saturated heterocycles. The number of alkyl halides is 3. The van der Waals surface area contributed by atoms with Gasteiger partial charge in [-0.1, -0.05) is 48.5 Å². The van der Waals surface area contributed by atoms with Gasteiger partial charge in [0.05, 0.1) is 17.0 Å². The van der Waals surface area contributed by atoms with Gasteiger partial charge in [-0.3, -0.25) is 4.98 Å².